The Kier molecular flexibility index (Phi) is 13.0. The lowest BCUT2D eigenvalue weighted by Gasteiger charge is -2.26. The summed E-state index contributed by atoms with van der Waals surface area (Å²) in [5.74, 6) is -1.02. The van der Waals surface area contributed by atoms with Crippen molar-refractivity contribution in [1.29, 1.82) is 0 Å². The molecule has 6 nitrogen and oxygen atoms in total. The third kappa shape index (κ3) is 9.32. The number of amides is 2. The number of rotatable bonds is 14. The van der Waals surface area contributed by atoms with Crippen LogP contribution >= 0.6 is 0 Å². The number of hydrogen-bond acceptors (Lipinski definition) is 4. The number of unbranched alkanes of at least 4 members (excludes halogenated alkanes) is 2. The van der Waals surface area contributed by atoms with E-state index in [0.29, 0.717) is 12.8 Å². The number of carbonyl (C=O) groups excluding carboxylic acids is 3. The second kappa shape index (κ2) is 13.7. The maximum atomic E-state index is 12.4. The molecule has 6 heteroatoms. The molecule has 0 bridgehead atoms. The van der Waals surface area contributed by atoms with Crippen molar-refractivity contribution in [3.63, 3.8) is 0 Å². The summed E-state index contributed by atoms with van der Waals surface area (Å²) in [5, 5.41) is 16.0. The molecule has 152 valence electrons. The summed E-state index contributed by atoms with van der Waals surface area (Å²) in [6.07, 6.45) is 4.93. The third-order valence-electron chi connectivity index (χ3n) is 4.65. The quantitative estimate of drug-likeness (QED) is 0.410. The van der Waals surface area contributed by atoms with E-state index in [1.807, 2.05) is 20.8 Å². The van der Waals surface area contributed by atoms with Gasteiger partial charge in [0, 0.05) is 5.92 Å². The van der Waals surface area contributed by atoms with Crippen LogP contribution in [0.3, 0.4) is 0 Å². The van der Waals surface area contributed by atoms with Crippen LogP contribution in [-0.2, 0) is 14.4 Å². The highest BCUT2D eigenvalue weighted by atomic mass is 16.3. The Morgan fingerprint density at radius 3 is 1.96 bits per heavy atom. The SMILES string of the molecule is CCCCCC(NC(=O)C(C)CCC)C(O)C(=O)NC(CCC)C(C)=O. The van der Waals surface area contributed by atoms with Gasteiger partial charge >= 0.3 is 0 Å². The van der Waals surface area contributed by atoms with Crippen molar-refractivity contribution in [2.24, 2.45) is 5.92 Å². The molecule has 0 aliphatic carbocycles. The molecule has 4 atom stereocenters. The van der Waals surface area contributed by atoms with Crippen molar-refractivity contribution in [2.75, 3.05) is 0 Å². The van der Waals surface area contributed by atoms with Crippen molar-refractivity contribution in [3.05, 3.63) is 0 Å². The first-order chi connectivity index (χ1) is 12.3. The van der Waals surface area contributed by atoms with E-state index in [2.05, 4.69) is 17.6 Å². The normalized spacial score (nSPS) is 15.6. The van der Waals surface area contributed by atoms with Crippen molar-refractivity contribution in [1.82, 2.24) is 10.6 Å². The van der Waals surface area contributed by atoms with Gasteiger partial charge in [-0.3, -0.25) is 14.4 Å². The van der Waals surface area contributed by atoms with Crippen LogP contribution < -0.4 is 10.6 Å². The smallest absolute Gasteiger partial charge is 0.251 e. The fourth-order valence-electron chi connectivity index (χ4n) is 2.92. The Hall–Kier alpha value is -1.43. The van der Waals surface area contributed by atoms with Crippen molar-refractivity contribution in [2.45, 2.75) is 104 Å². The number of ketones is 1. The molecule has 3 N–H and O–H groups in total. The molecule has 0 heterocycles. The first-order valence-electron chi connectivity index (χ1n) is 10.1. The molecule has 0 spiro atoms. The van der Waals surface area contributed by atoms with Gasteiger partial charge in [-0.15, -0.1) is 0 Å². The van der Waals surface area contributed by atoms with Gasteiger partial charge in [-0.25, -0.2) is 0 Å². The van der Waals surface area contributed by atoms with Crippen LogP contribution in [0.25, 0.3) is 0 Å². The molecule has 0 aromatic carbocycles. The highest BCUT2D eigenvalue weighted by molar-refractivity contribution is 5.90. The van der Waals surface area contributed by atoms with Crippen molar-refractivity contribution >= 4 is 17.6 Å². The molecule has 0 fully saturated rings. The number of nitrogens with one attached hydrogen (secondary N) is 2. The lowest BCUT2D eigenvalue weighted by molar-refractivity contribution is -0.136. The van der Waals surface area contributed by atoms with Crippen LogP contribution in [0.15, 0.2) is 0 Å². The zero-order chi connectivity index (χ0) is 20.1. The molecule has 0 radical (unpaired) electrons. The van der Waals surface area contributed by atoms with Crippen molar-refractivity contribution in [3.8, 4) is 0 Å². The Labute approximate surface area is 158 Å². The van der Waals surface area contributed by atoms with Crippen LogP contribution in [0.1, 0.15) is 86.0 Å². The summed E-state index contributed by atoms with van der Waals surface area (Å²) in [6, 6.07) is -1.23. The highest BCUT2D eigenvalue weighted by Crippen LogP contribution is 2.12. The maximum absolute atomic E-state index is 12.4. The van der Waals surface area contributed by atoms with Crippen LogP contribution in [-0.4, -0.2) is 40.9 Å². The van der Waals surface area contributed by atoms with Crippen molar-refractivity contribution < 1.29 is 19.5 Å². The Morgan fingerprint density at radius 2 is 1.46 bits per heavy atom. The second-order valence-electron chi connectivity index (χ2n) is 7.21. The van der Waals surface area contributed by atoms with E-state index in [-0.39, 0.29) is 17.6 Å². The molecular weight excluding hydrogens is 332 g/mol. The zero-order valence-electron chi connectivity index (χ0n) is 17.1. The number of Topliss-reactive ketones (excluding diaryl/α,β-unsaturated/α-hetero) is 1. The minimum absolute atomic E-state index is 0.129. The van der Waals surface area contributed by atoms with Gasteiger partial charge in [0.1, 0.15) is 0 Å². The number of carbonyl (C=O) groups is 3. The van der Waals surface area contributed by atoms with Gasteiger partial charge in [0.2, 0.25) is 5.91 Å². The molecule has 0 saturated heterocycles. The van der Waals surface area contributed by atoms with Gasteiger partial charge in [-0.05, 0) is 26.2 Å². The van der Waals surface area contributed by atoms with E-state index in [1.165, 1.54) is 6.92 Å². The van der Waals surface area contributed by atoms with Crippen LogP contribution in [0.4, 0.5) is 0 Å². The first-order valence-corrected chi connectivity index (χ1v) is 10.1. The second-order valence-corrected chi connectivity index (χ2v) is 7.21. The summed E-state index contributed by atoms with van der Waals surface area (Å²) in [5.41, 5.74) is 0. The van der Waals surface area contributed by atoms with E-state index in [9.17, 15) is 19.5 Å². The van der Waals surface area contributed by atoms with E-state index in [0.717, 1.165) is 38.5 Å². The zero-order valence-corrected chi connectivity index (χ0v) is 17.1. The molecule has 0 aromatic heterocycles. The van der Waals surface area contributed by atoms with Crippen LogP contribution in [0.5, 0.6) is 0 Å². The lowest BCUT2D eigenvalue weighted by atomic mass is 9.99. The standard InChI is InChI=1S/C20H38N2O4/c1-6-9-10-13-17(22-19(25)14(4)11-7-2)18(24)20(26)21-16(12-8-3)15(5)23/h14,16-18,24H,6-13H2,1-5H3,(H,21,26)(H,22,25). The minimum Gasteiger partial charge on any atom is -0.381 e. The topological polar surface area (TPSA) is 95.5 Å². The summed E-state index contributed by atoms with van der Waals surface area (Å²) >= 11 is 0. The van der Waals surface area contributed by atoms with E-state index >= 15 is 0 Å². The van der Waals surface area contributed by atoms with Gasteiger partial charge in [-0.2, -0.15) is 0 Å². The Balaban J connectivity index is 4.99. The summed E-state index contributed by atoms with van der Waals surface area (Å²) < 4.78 is 0. The van der Waals surface area contributed by atoms with Crippen LogP contribution in [0, 0.1) is 5.92 Å². The Bertz CT molecular complexity index is 440. The number of hydrogen-bond donors (Lipinski definition) is 3. The highest BCUT2D eigenvalue weighted by Gasteiger charge is 2.30. The molecular formula is C20H38N2O4. The van der Waals surface area contributed by atoms with Crippen LogP contribution in [0.2, 0.25) is 0 Å². The summed E-state index contributed by atoms with van der Waals surface area (Å²) in [7, 11) is 0. The summed E-state index contributed by atoms with van der Waals surface area (Å²) in [6.45, 7) is 9.30. The molecule has 4 unspecified atom stereocenters. The maximum Gasteiger partial charge on any atom is 0.251 e. The third-order valence-corrected chi connectivity index (χ3v) is 4.65. The Morgan fingerprint density at radius 1 is 0.846 bits per heavy atom. The fraction of sp³-hybridized carbons (Fsp3) is 0.850. The minimum atomic E-state index is -1.36. The predicted octanol–water partition coefficient (Wildman–Crippen LogP) is 2.72. The van der Waals surface area contributed by atoms with E-state index in [4.69, 9.17) is 0 Å². The number of aliphatic hydroxyl groups excluding tert-OH is 1. The average Bonchev–Trinajstić information content (AvgIpc) is 2.59. The molecule has 2 amide bonds. The molecule has 0 saturated carbocycles. The summed E-state index contributed by atoms with van der Waals surface area (Å²) in [4.78, 5) is 36.4. The molecule has 0 aliphatic rings. The lowest BCUT2D eigenvalue weighted by Crippen LogP contribution is -2.54. The van der Waals surface area contributed by atoms with Gasteiger partial charge in [0.15, 0.2) is 11.9 Å². The monoisotopic (exact) mass is 370 g/mol. The van der Waals surface area contributed by atoms with Gasteiger partial charge in [0.25, 0.3) is 5.91 Å². The fourth-order valence-corrected chi connectivity index (χ4v) is 2.92. The molecule has 0 aliphatic heterocycles. The van der Waals surface area contributed by atoms with E-state index in [1.54, 1.807) is 0 Å². The molecule has 0 rings (SSSR count). The van der Waals surface area contributed by atoms with E-state index < -0.39 is 24.1 Å². The largest absolute Gasteiger partial charge is 0.381 e. The average molecular weight is 371 g/mol. The van der Waals surface area contributed by atoms with Gasteiger partial charge < -0.3 is 15.7 Å². The predicted molar refractivity (Wildman–Crippen MR) is 104 cm³/mol. The van der Waals surface area contributed by atoms with Gasteiger partial charge in [0.05, 0.1) is 12.1 Å². The molecule has 26 heavy (non-hydrogen) atoms. The number of aliphatic hydroxyl groups is 1. The first kappa shape index (κ1) is 24.6. The van der Waals surface area contributed by atoms with Gasteiger partial charge in [-0.1, -0.05) is 59.8 Å². The molecule has 0 aromatic rings.